The fourth-order valence-corrected chi connectivity index (χ4v) is 3.72. The third-order valence-electron chi connectivity index (χ3n) is 4.91. The molecule has 1 heterocycles. The lowest BCUT2D eigenvalue weighted by atomic mass is 9.87. The van der Waals surface area contributed by atoms with Crippen LogP contribution < -0.4 is 10.1 Å². The molecule has 5 nitrogen and oxygen atoms in total. The van der Waals surface area contributed by atoms with Gasteiger partial charge >= 0.3 is 6.36 Å². The number of para-hydroxylation sites is 1. The summed E-state index contributed by atoms with van der Waals surface area (Å²) in [7, 11) is 0. The number of benzene rings is 2. The van der Waals surface area contributed by atoms with Crippen molar-refractivity contribution in [1.29, 1.82) is 0 Å². The van der Waals surface area contributed by atoms with E-state index in [9.17, 15) is 23.4 Å². The molecule has 158 valence electrons. The Bertz CT molecular complexity index is 814. The van der Waals surface area contributed by atoms with Crippen LogP contribution in [0.15, 0.2) is 48.5 Å². The lowest BCUT2D eigenvalue weighted by Gasteiger charge is -2.41. The number of hydrogen-bond acceptors (Lipinski definition) is 5. The number of hydrogen-bond donors (Lipinski definition) is 3. The van der Waals surface area contributed by atoms with Crippen molar-refractivity contribution in [2.45, 2.75) is 38.1 Å². The summed E-state index contributed by atoms with van der Waals surface area (Å²) in [5, 5.41) is 23.2. The zero-order chi connectivity index (χ0) is 21.0. The average molecular weight is 410 g/mol. The van der Waals surface area contributed by atoms with E-state index in [1.54, 1.807) is 24.0 Å². The molecule has 0 saturated carbocycles. The molecule has 1 aliphatic heterocycles. The molecule has 3 atom stereocenters. The Morgan fingerprint density at radius 2 is 1.72 bits per heavy atom. The second-order valence-electron chi connectivity index (χ2n) is 7.16. The molecule has 0 amide bonds. The monoisotopic (exact) mass is 410 g/mol. The molecular weight excluding hydrogens is 385 g/mol. The third kappa shape index (κ3) is 5.48. The van der Waals surface area contributed by atoms with E-state index in [-0.39, 0.29) is 12.3 Å². The van der Waals surface area contributed by atoms with E-state index in [0.29, 0.717) is 25.1 Å². The maximum Gasteiger partial charge on any atom is 0.573 e. The predicted octanol–water partition coefficient (Wildman–Crippen LogP) is 2.82. The number of aliphatic hydroxyl groups excluding tert-OH is 2. The number of ether oxygens (including phenoxy) is 1. The van der Waals surface area contributed by atoms with E-state index in [2.05, 4.69) is 10.1 Å². The van der Waals surface area contributed by atoms with Crippen molar-refractivity contribution in [2.24, 2.45) is 0 Å². The van der Waals surface area contributed by atoms with Crippen molar-refractivity contribution in [2.75, 3.05) is 19.6 Å². The summed E-state index contributed by atoms with van der Waals surface area (Å²) in [6.07, 6.45) is -5.67. The van der Waals surface area contributed by atoms with Gasteiger partial charge in [-0.3, -0.25) is 4.90 Å². The summed E-state index contributed by atoms with van der Waals surface area (Å²) in [5.74, 6) is -0.282. The number of halogens is 3. The highest BCUT2D eigenvalue weighted by Gasteiger charge is 2.37. The van der Waals surface area contributed by atoms with Gasteiger partial charge < -0.3 is 20.3 Å². The van der Waals surface area contributed by atoms with E-state index >= 15 is 0 Å². The van der Waals surface area contributed by atoms with Crippen LogP contribution in [-0.2, 0) is 6.42 Å². The summed E-state index contributed by atoms with van der Waals surface area (Å²) in [4.78, 5) is 1.76. The minimum Gasteiger partial charge on any atom is -0.405 e. The lowest BCUT2D eigenvalue weighted by Crippen LogP contribution is -2.48. The fraction of sp³-hybridized carbons (Fsp3) is 0.429. The Labute approximate surface area is 167 Å². The number of nitrogens with zero attached hydrogens (tertiary/aromatic N) is 1. The van der Waals surface area contributed by atoms with Gasteiger partial charge in [0.25, 0.3) is 0 Å². The fourth-order valence-electron chi connectivity index (χ4n) is 3.72. The van der Waals surface area contributed by atoms with Crippen LogP contribution in [0.5, 0.6) is 5.75 Å². The zero-order valence-corrected chi connectivity index (χ0v) is 16.1. The molecule has 3 rings (SSSR count). The van der Waals surface area contributed by atoms with Gasteiger partial charge in [-0.1, -0.05) is 42.5 Å². The molecule has 0 radical (unpaired) electrons. The molecule has 3 N–H and O–H groups in total. The quantitative estimate of drug-likeness (QED) is 0.655. The van der Waals surface area contributed by atoms with Gasteiger partial charge in [-0.15, -0.1) is 13.2 Å². The van der Waals surface area contributed by atoms with Gasteiger partial charge in [-0.25, -0.2) is 0 Å². The summed E-state index contributed by atoms with van der Waals surface area (Å²) in [6, 6.07) is 13.0. The second-order valence-corrected chi connectivity index (χ2v) is 7.16. The van der Waals surface area contributed by atoms with Crippen molar-refractivity contribution >= 4 is 0 Å². The van der Waals surface area contributed by atoms with E-state index in [1.165, 1.54) is 12.1 Å². The van der Waals surface area contributed by atoms with Gasteiger partial charge in [0, 0.05) is 25.2 Å². The van der Waals surface area contributed by atoms with E-state index < -0.39 is 24.7 Å². The Balaban J connectivity index is 1.97. The minimum absolute atomic E-state index is 0.172. The number of nitrogens with one attached hydrogen (secondary N) is 1. The molecule has 1 aliphatic rings. The third-order valence-corrected chi connectivity index (χ3v) is 4.91. The molecule has 0 unspecified atom stereocenters. The van der Waals surface area contributed by atoms with Crippen molar-refractivity contribution in [3.05, 3.63) is 65.2 Å². The Morgan fingerprint density at radius 3 is 2.41 bits per heavy atom. The zero-order valence-electron chi connectivity index (χ0n) is 16.1. The first-order valence-electron chi connectivity index (χ1n) is 9.51. The number of rotatable bonds is 7. The second kappa shape index (κ2) is 9.13. The SMILES string of the molecule is C[C@@H](O)CNC[C@@H](O)N1CCc2ccccc2[C@@H]1c1ccccc1OC(F)(F)F. The van der Waals surface area contributed by atoms with Gasteiger partial charge in [-0.05, 0) is 30.5 Å². The van der Waals surface area contributed by atoms with Gasteiger partial charge in [0.15, 0.2) is 0 Å². The molecule has 0 aromatic heterocycles. The molecule has 0 saturated heterocycles. The molecule has 0 fully saturated rings. The largest absolute Gasteiger partial charge is 0.573 e. The number of alkyl halides is 3. The summed E-state index contributed by atoms with van der Waals surface area (Å²) in [5.41, 5.74) is 2.21. The van der Waals surface area contributed by atoms with Crippen molar-refractivity contribution in [1.82, 2.24) is 10.2 Å². The minimum atomic E-state index is -4.81. The highest BCUT2D eigenvalue weighted by molar-refractivity contribution is 5.45. The lowest BCUT2D eigenvalue weighted by molar-refractivity contribution is -0.275. The summed E-state index contributed by atoms with van der Waals surface area (Å²) >= 11 is 0. The highest BCUT2D eigenvalue weighted by Crippen LogP contribution is 2.41. The van der Waals surface area contributed by atoms with Crippen LogP contribution in [0.4, 0.5) is 13.2 Å². The first kappa shape index (κ1) is 21.6. The first-order chi connectivity index (χ1) is 13.8. The van der Waals surface area contributed by atoms with Gasteiger partial charge in [-0.2, -0.15) is 0 Å². The van der Waals surface area contributed by atoms with Crippen LogP contribution >= 0.6 is 0 Å². The summed E-state index contributed by atoms with van der Waals surface area (Å²) < 4.78 is 43.2. The van der Waals surface area contributed by atoms with Crippen molar-refractivity contribution in [3.8, 4) is 5.75 Å². The van der Waals surface area contributed by atoms with E-state index in [1.807, 2.05) is 24.3 Å². The maximum absolute atomic E-state index is 13.0. The predicted molar refractivity (Wildman–Crippen MR) is 102 cm³/mol. The van der Waals surface area contributed by atoms with Crippen LogP contribution in [0.25, 0.3) is 0 Å². The Kier molecular flexibility index (Phi) is 6.79. The van der Waals surface area contributed by atoms with E-state index in [4.69, 9.17) is 0 Å². The van der Waals surface area contributed by atoms with Gasteiger partial charge in [0.1, 0.15) is 12.0 Å². The van der Waals surface area contributed by atoms with Crippen molar-refractivity contribution < 1.29 is 28.1 Å². The molecular formula is C21H25F3N2O3. The number of fused-ring (bicyclic) bond motifs is 1. The Hall–Kier alpha value is -2.13. The molecule has 8 heteroatoms. The normalized spacial score (nSPS) is 19.4. The van der Waals surface area contributed by atoms with Crippen LogP contribution in [-0.4, -0.2) is 53.4 Å². The number of aliphatic hydroxyl groups is 2. The van der Waals surface area contributed by atoms with Crippen LogP contribution in [0.2, 0.25) is 0 Å². The Morgan fingerprint density at radius 1 is 1.07 bits per heavy atom. The van der Waals surface area contributed by atoms with Crippen LogP contribution in [0.1, 0.15) is 29.7 Å². The molecule has 2 aromatic rings. The topological polar surface area (TPSA) is 65.0 Å². The standard InChI is InChI=1S/C21H25F3N2O3/c1-14(27)12-25-13-19(28)26-11-10-15-6-2-3-7-16(15)20(26)17-8-4-5-9-18(17)29-21(22,23)24/h2-9,14,19-20,25,27-28H,10-13H2,1H3/t14-,19-,20-/m1/s1. The molecule has 0 aliphatic carbocycles. The molecule has 0 bridgehead atoms. The summed E-state index contributed by atoms with van der Waals surface area (Å²) in [6.45, 7) is 2.58. The van der Waals surface area contributed by atoms with Crippen LogP contribution in [0.3, 0.4) is 0 Å². The smallest absolute Gasteiger partial charge is 0.405 e. The average Bonchev–Trinajstić information content (AvgIpc) is 2.66. The maximum atomic E-state index is 13.0. The van der Waals surface area contributed by atoms with Gasteiger partial charge in [0.05, 0.1) is 12.1 Å². The molecule has 0 spiro atoms. The van der Waals surface area contributed by atoms with Crippen LogP contribution in [0, 0.1) is 0 Å². The molecule has 2 aromatic carbocycles. The van der Waals surface area contributed by atoms with Crippen molar-refractivity contribution in [3.63, 3.8) is 0 Å². The first-order valence-corrected chi connectivity index (χ1v) is 9.51. The highest BCUT2D eigenvalue weighted by atomic mass is 19.4. The van der Waals surface area contributed by atoms with Gasteiger partial charge in [0.2, 0.25) is 0 Å². The van der Waals surface area contributed by atoms with E-state index in [0.717, 1.165) is 11.1 Å². The molecule has 29 heavy (non-hydrogen) atoms.